The summed E-state index contributed by atoms with van der Waals surface area (Å²) in [6.07, 6.45) is 3.95. The third-order valence-electron chi connectivity index (χ3n) is 5.00. The van der Waals surface area contributed by atoms with E-state index in [1.165, 1.54) is 16.7 Å². The molecule has 1 aliphatic heterocycles. The summed E-state index contributed by atoms with van der Waals surface area (Å²) in [6.45, 7) is 8.54. The van der Waals surface area contributed by atoms with Gasteiger partial charge in [-0.15, -0.1) is 12.6 Å². The first-order chi connectivity index (χ1) is 10.3. The van der Waals surface area contributed by atoms with Crippen molar-refractivity contribution in [1.82, 2.24) is 0 Å². The van der Waals surface area contributed by atoms with Crippen molar-refractivity contribution in [3.63, 3.8) is 0 Å². The second kappa shape index (κ2) is 6.45. The third-order valence-corrected chi connectivity index (χ3v) is 5.56. The van der Waals surface area contributed by atoms with Gasteiger partial charge in [-0.3, -0.25) is 9.79 Å². The summed E-state index contributed by atoms with van der Waals surface area (Å²) in [5.41, 5.74) is 5.82. The van der Waals surface area contributed by atoms with Crippen molar-refractivity contribution in [2.75, 3.05) is 0 Å². The number of carboxylic acids is 1. The van der Waals surface area contributed by atoms with Crippen LogP contribution in [0.3, 0.4) is 0 Å². The Hall–Kier alpha value is -1.29. The van der Waals surface area contributed by atoms with Gasteiger partial charge in [0.2, 0.25) is 0 Å². The van der Waals surface area contributed by atoms with Gasteiger partial charge in [-0.2, -0.15) is 0 Å². The van der Waals surface area contributed by atoms with Gasteiger partial charge in [0.25, 0.3) is 0 Å². The zero-order chi connectivity index (χ0) is 16.5. The molecule has 1 atom stereocenters. The number of aryl methyl sites for hydroxylation is 1. The molecule has 0 aliphatic carbocycles. The van der Waals surface area contributed by atoms with Gasteiger partial charge < -0.3 is 5.11 Å². The molecule has 1 unspecified atom stereocenters. The molecule has 0 aromatic heterocycles. The molecule has 0 spiro atoms. The summed E-state index contributed by atoms with van der Waals surface area (Å²) in [4.78, 5) is 16.4. The SMILES string of the molecule is CC1=Nc2cc(C)c(C)c(S)c2C1(C)CCCCCC(=O)O. The number of fused-ring (bicyclic) bond motifs is 1. The summed E-state index contributed by atoms with van der Waals surface area (Å²) in [6, 6.07) is 2.16. The Labute approximate surface area is 138 Å². The zero-order valence-electron chi connectivity index (χ0n) is 13.9. The number of benzene rings is 1. The Kier molecular flexibility index (Phi) is 5.00. The van der Waals surface area contributed by atoms with E-state index in [0.717, 1.165) is 42.0 Å². The van der Waals surface area contributed by atoms with Crippen molar-refractivity contribution in [3.8, 4) is 0 Å². The molecule has 0 radical (unpaired) electrons. The molecule has 4 heteroatoms. The minimum atomic E-state index is -0.709. The topological polar surface area (TPSA) is 49.7 Å². The lowest BCUT2D eigenvalue weighted by Gasteiger charge is -2.28. The number of thiol groups is 1. The number of hydrogen-bond donors (Lipinski definition) is 2. The predicted octanol–water partition coefficient (Wildman–Crippen LogP) is 4.99. The third kappa shape index (κ3) is 3.07. The Balaban J connectivity index is 2.17. The van der Waals surface area contributed by atoms with Crippen LogP contribution in [0.5, 0.6) is 0 Å². The average molecular weight is 319 g/mol. The Morgan fingerprint density at radius 2 is 1.95 bits per heavy atom. The molecule has 120 valence electrons. The monoisotopic (exact) mass is 319 g/mol. The molecule has 0 saturated heterocycles. The Bertz CT molecular complexity index is 636. The van der Waals surface area contributed by atoms with E-state index in [9.17, 15) is 4.79 Å². The van der Waals surface area contributed by atoms with Crippen molar-refractivity contribution >= 4 is 30.0 Å². The van der Waals surface area contributed by atoms with Crippen molar-refractivity contribution in [3.05, 3.63) is 22.8 Å². The fourth-order valence-electron chi connectivity index (χ4n) is 3.24. The van der Waals surface area contributed by atoms with E-state index in [1.807, 2.05) is 0 Å². The fourth-order valence-corrected chi connectivity index (χ4v) is 3.77. The molecular formula is C18H25NO2S. The lowest BCUT2D eigenvalue weighted by molar-refractivity contribution is -0.137. The molecular weight excluding hydrogens is 294 g/mol. The maximum absolute atomic E-state index is 10.6. The molecule has 0 saturated carbocycles. The zero-order valence-corrected chi connectivity index (χ0v) is 14.8. The highest BCUT2D eigenvalue weighted by Gasteiger charge is 2.38. The minimum Gasteiger partial charge on any atom is -0.481 e. The predicted molar refractivity (Wildman–Crippen MR) is 94.0 cm³/mol. The molecule has 1 aromatic carbocycles. The van der Waals surface area contributed by atoms with Gasteiger partial charge >= 0.3 is 5.97 Å². The maximum atomic E-state index is 10.6. The van der Waals surface area contributed by atoms with Crippen LogP contribution in [0.4, 0.5) is 5.69 Å². The van der Waals surface area contributed by atoms with Crippen LogP contribution in [-0.4, -0.2) is 16.8 Å². The lowest BCUT2D eigenvalue weighted by atomic mass is 9.75. The average Bonchev–Trinajstić information content (AvgIpc) is 2.67. The number of aliphatic imine (C=N–C) groups is 1. The molecule has 1 heterocycles. The van der Waals surface area contributed by atoms with Crippen LogP contribution < -0.4 is 0 Å². The second-order valence-electron chi connectivity index (χ2n) is 6.54. The van der Waals surface area contributed by atoms with E-state index in [-0.39, 0.29) is 11.8 Å². The van der Waals surface area contributed by atoms with Gasteiger partial charge in [-0.05, 0) is 50.8 Å². The summed E-state index contributed by atoms with van der Waals surface area (Å²) in [5.74, 6) is -0.709. The van der Waals surface area contributed by atoms with E-state index in [1.54, 1.807) is 0 Å². The van der Waals surface area contributed by atoms with Crippen LogP contribution in [-0.2, 0) is 10.2 Å². The number of aliphatic carboxylic acids is 1. The molecule has 0 fully saturated rings. The summed E-state index contributed by atoms with van der Waals surface area (Å²) >= 11 is 4.76. The molecule has 2 rings (SSSR count). The number of nitrogens with zero attached hydrogens (tertiary/aromatic N) is 1. The quantitative estimate of drug-likeness (QED) is 0.573. The van der Waals surface area contributed by atoms with Gasteiger partial charge in [0.05, 0.1) is 5.69 Å². The molecule has 22 heavy (non-hydrogen) atoms. The highest BCUT2D eigenvalue weighted by molar-refractivity contribution is 7.80. The Morgan fingerprint density at radius 3 is 2.59 bits per heavy atom. The lowest BCUT2D eigenvalue weighted by Crippen LogP contribution is -2.28. The van der Waals surface area contributed by atoms with Gasteiger partial charge in [0.15, 0.2) is 0 Å². The van der Waals surface area contributed by atoms with Gasteiger partial charge in [-0.25, -0.2) is 0 Å². The van der Waals surface area contributed by atoms with Crippen LogP contribution >= 0.6 is 12.6 Å². The van der Waals surface area contributed by atoms with E-state index in [0.29, 0.717) is 0 Å². The normalized spacial score (nSPS) is 20.0. The summed E-state index contributed by atoms with van der Waals surface area (Å²) < 4.78 is 0. The molecule has 1 aliphatic rings. The van der Waals surface area contributed by atoms with Crippen molar-refractivity contribution in [2.24, 2.45) is 4.99 Å². The first kappa shape index (κ1) is 17.1. The van der Waals surface area contributed by atoms with Gasteiger partial charge in [-0.1, -0.05) is 19.8 Å². The van der Waals surface area contributed by atoms with Gasteiger partial charge in [0, 0.05) is 28.0 Å². The van der Waals surface area contributed by atoms with Crippen LogP contribution in [0.15, 0.2) is 16.0 Å². The van der Waals surface area contributed by atoms with E-state index >= 15 is 0 Å². The largest absolute Gasteiger partial charge is 0.481 e. The standard InChI is InChI=1S/C18H25NO2S/c1-11-10-14-16(17(22)12(11)2)18(4,13(3)19-14)9-7-5-6-8-15(20)21/h10,22H,5-9H2,1-4H3,(H,20,21). The van der Waals surface area contributed by atoms with E-state index in [4.69, 9.17) is 22.7 Å². The molecule has 3 nitrogen and oxygen atoms in total. The van der Waals surface area contributed by atoms with E-state index < -0.39 is 5.97 Å². The number of carboxylic acid groups (broad SMARTS) is 1. The molecule has 1 N–H and O–H groups in total. The van der Waals surface area contributed by atoms with Crippen molar-refractivity contribution < 1.29 is 9.90 Å². The number of carbonyl (C=O) groups is 1. The summed E-state index contributed by atoms with van der Waals surface area (Å²) in [5, 5.41) is 8.71. The van der Waals surface area contributed by atoms with Crippen molar-refractivity contribution in [1.29, 1.82) is 0 Å². The second-order valence-corrected chi connectivity index (χ2v) is 6.99. The van der Waals surface area contributed by atoms with E-state index in [2.05, 4.69) is 33.8 Å². The van der Waals surface area contributed by atoms with Crippen LogP contribution in [0, 0.1) is 13.8 Å². The number of hydrogen-bond acceptors (Lipinski definition) is 3. The first-order valence-corrected chi connectivity index (χ1v) is 8.33. The number of rotatable bonds is 6. The minimum absolute atomic E-state index is 0.0753. The highest BCUT2D eigenvalue weighted by atomic mass is 32.1. The van der Waals surface area contributed by atoms with Gasteiger partial charge in [0.1, 0.15) is 0 Å². The summed E-state index contributed by atoms with van der Waals surface area (Å²) in [7, 11) is 0. The number of unbranched alkanes of at least 4 members (excludes halogenated alkanes) is 2. The van der Waals surface area contributed by atoms with Crippen LogP contribution in [0.2, 0.25) is 0 Å². The first-order valence-electron chi connectivity index (χ1n) is 7.88. The van der Waals surface area contributed by atoms with Crippen molar-refractivity contribution in [2.45, 2.75) is 70.1 Å². The molecule has 1 aromatic rings. The smallest absolute Gasteiger partial charge is 0.303 e. The maximum Gasteiger partial charge on any atom is 0.303 e. The fraction of sp³-hybridized carbons (Fsp3) is 0.556. The molecule has 0 amide bonds. The van der Waals surface area contributed by atoms with Crippen LogP contribution in [0.1, 0.15) is 62.6 Å². The Morgan fingerprint density at radius 1 is 1.27 bits per heavy atom. The highest BCUT2D eigenvalue weighted by Crippen LogP contribution is 2.48. The van der Waals surface area contributed by atoms with Crippen LogP contribution in [0.25, 0.3) is 0 Å². The molecule has 0 bridgehead atoms.